The van der Waals surface area contributed by atoms with E-state index in [4.69, 9.17) is 33.7 Å². The molecule has 2 N–H and O–H groups in total. The van der Waals surface area contributed by atoms with Crippen LogP contribution < -0.4 is 5.73 Å². The number of nitrogens with zero attached hydrogens (tertiary/aromatic N) is 1. The van der Waals surface area contributed by atoms with Gasteiger partial charge >= 0.3 is 6.09 Å². The van der Waals surface area contributed by atoms with Gasteiger partial charge in [0.1, 0.15) is 5.60 Å². The second kappa shape index (κ2) is 8.62. The van der Waals surface area contributed by atoms with Crippen LogP contribution in [0.1, 0.15) is 62.3 Å². The molecule has 0 heterocycles. The lowest BCUT2D eigenvalue weighted by Crippen LogP contribution is -2.38. The van der Waals surface area contributed by atoms with Crippen LogP contribution in [0, 0.1) is 0 Å². The number of hydrogen-bond donors (Lipinski definition) is 1. The van der Waals surface area contributed by atoms with Gasteiger partial charge < -0.3 is 10.5 Å². The number of hydrogen-bond acceptors (Lipinski definition) is 5. The standard InChI is InChI=1S/C22H26Cl2N2O4S/c1-22(2,3)30-21(27)26(4)31(28,29)14-6-7-16-17(12-14)15(8-10-20(16)25)13-5-9-18(23)19(24)11-13/h5-7,9,11-12,15,20H,8,10,25H2,1-4H3/t15-,20?/m0/s1. The van der Waals surface area contributed by atoms with Crippen molar-refractivity contribution in [2.45, 2.75) is 56.1 Å². The van der Waals surface area contributed by atoms with E-state index >= 15 is 0 Å². The number of sulfonamides is 1. The van der Waals surface area contributed by atoms with E-state index in [0.29, 0.717) is 14.4 Å². The molecule has 0 aromatic heterocycles. The zero-order valence-corrected chi connectivity index (χ0v) is 20.2. The van der Waals surface area contributed by atoms with Gasteiger partial charge in [0, 0.05) is 19.0 Å². The zero-order chi connectivity index (χ0) is 23.1. The summed E-state index contributed by atoms with van der Waals surface area (Å²) in [5.41, 5.74) is 8.09. The maximum atomic E-state index is 13.1. The Labute approximate surface area is 193 Å². The van der Waals surface area contributed by atoms with E-state index in [-0.39, 0.29) is 16.9 Å². The normalized spacial score (nSPS) is 18.9. The molecule has 0 bridgehead atoms. The topological polar surface area (TPSA) is 89.7 Å². The van der Waals surface area contributed by atoms with E-state index in [1.54, 1.807) is 45.0 Å². The Kier molecular flexibility index (Phi) is 6.63. The van der Waals surface area contributed by atoms with Crippen molar-refractivity contribution in [1.82, 2.24) is 4.31 Å². The predicted octanol–water partition coefficient (Wildman–Crippen LogP) is 5.47. The van der Waals surface area contributed by atoms with Crippen molar-refractivity contribution in [3.05, 3.63) is 63.1 Å². The molecule has 0 saturated heterocycles. The fourth-order valence-electron chi connectivity index (χ4n) is 3.67. The van der Waals surface area contributed by atoms with Gasteiger partial charge in [-0.3, -0.25) is 0 Å². The first-order valence-corrected chi connectivity index (χ1v) is 12.1. The fraction of sp³-hybridized carbons (Fsp3) is 0.409. The smallest absolute Gasteiger partial charge is 0.424 e. The summed E-state index contributed by atoms with van der Waals surface area (Å²) in [5, 5.41) is 0.887. The molecule has 0 spiro atoms. The first-order chi connectivity index (χ1) is 14.3. The molecule has 2 aromatic rings. The number of benzene rings is 2. The highest BCUT2D eigenvalue weighted by molar-refractivity contribution is 7.89. The number of rotatable bonds is 3. The zero-order valence-electron chi connectivity index (χ0n) is 17.9. The molecule has 1 unspecified atom stereocenters. The summed E-state index contributed by atoms with van der Waals surface area (Å²) in [6.07, 6.45) is 0.544. The summed E-state index contributed by atoms with van der Waals surface area (Å²) in [5.74, 6) is -0.0912. The molecule has 1 aliphatic rings. The Bertz CT molecular complexity index is 1110. The average Bonchev–Trinajstić information content (AvgIpc) is 2.68. The fourth-order valence-corrected chi connectivity index (χ4v) is 5.04. The van der Waals surface area contributed by atoms with Gasteiger partial charge in [0.2, 0.25) is 0 Å². The summed E-state index contributed by atoms with van der Waals surface area (Å²) in [6.45, 7) is 5.02. The highest BCUT2D eigenvalue weighted by Crippen LogP contribution is 2.42. The molecule has 9 heteroatoms. The van der Waals surface area contributed by atoms with Gasteiger partial charge in [0.05, 0.1) is 14.9 Å². The molecule has 0 saturated carbocycles. The Balaban J connectivity index is 2.03. The number of fused-ring (bicyclic) bond motifs is 1. The van der Waals surface area contributed by atoms with Gasteiger partial charge in [-0.15, -0.1) is 0 Å². The third-order valence-electron chi connectivity index (χ3n) is 5.25. The minimum atomic E-state index is -4.11. The van der Waals surface area contributed by atoms with Gasteiger partial charge in [-0.2, -0.15) is 0 Å². The number of nitrogens with two attached hydrogens (primary N) is 1. The maximum absolute atomic E-state index is 13.1. The Morgan fingerprint density at radius 1 is 1.06 bits per heavy atom. The number of carbonyl (C=O) groups excluding carboxylic acids is 1. The van der Waals surface area contributed by atoms with Crippen LogP contribution in [0.4, 0.5) is 4.79 Å². The minimum Gasteiger partial charge on any atom is -0.443 e. The number of halogens is 2. The molecule has 0 radical (unpaired) electrons. The van der Waals surface area contributed by atoms with Crippen molar-refractivity contribution in [2.75, 3.05) is 7.05 Å². The molecule has 3 rings (SSSR count). The van der Waals surface area contributed by atoms with Gasteiger partial charge in [-0.05, 0) is 74.6 Å². The lowest BCUT2D eigenvalue weighted by Gasteiger charge is -2.31. The third-order valence-corrected chi connectivity index (χ3v) is 7.71. The second-order valence-electron chi connectivity index (χ2n) is 8.65. The molecule has 6 nitrogen and oxygen atoms in total. The van der Waals surface area contributed by atoms with E-state index in [1.807, 2.05) is 6.07 Å². The summed E-state index contributed by atoms with van der Waals surface area (Å²) in [6, 6.07) is 10.00. The van der Waals surface area contributed by atoms with Crippen LogP contribution in [0.2, 0.25) is 10.0 Å². The number of carbonyl (C=O) groups is 1. The molecule has 31 heavy (non-hydrogen) atoms. The van der Waals surface area contributed by atoms with Crippen LogP contribution in [0.3, 0.4) is 0 Å². The van der Waals surface area contributed by atoms with Crippen LogP contribution in [0.25, 0.3) is 0 Å². The van der Waals surface area contributed by atoms with Crippen molar-refractivity contribution in [2.24, 2.45) is 5.73 Å². The summed E-state index contributed by atoms with van der Waals surface area (Å²) >= 11 is 12.3. The molecule has 2 atom stereocenters. The highest BCUT2D eigenvalue weighted by atomic mass is 35.5. The minimum absolute atomic E-state index is 0.00114. The summed E-state index contributed by atoms with van der Waals surface area (Å²) in [4.78, 5) is 12.4. The summed E-state index contributed by atoms with van der Waals surface area (Å²) < 4.78 is 32.1. The van der Waals surface area contributed by atoms with Crippen LogP contribution in [-0.4, -0.2) is 31.5 Å². The molecular weight excluding hydrogens is 459 g/mol. The lowest BCUT2D eigenvalue weighted by molar-refractivity contribution is 0.0420. The van der Waals surface area contributed by atoms with Crippen molar-refractivity contribution in [1.29, 1.82) is 0 Å². The van der Waals surface area contributed by atoms with Crippen molar-refractivity contribution in [3.8, 4) is 0 Å². The van der Waals surface area contributed by atoms with Gasteiger partial charge in [0.15, 0.2) is 0 Å². The van der Waals surface area contributed by atoms with Crippen LogP contribution in [-0.2, 0) is 14.8 Å². The average molecular weight is 485 g/mol. The highest BCUT2D eigenvalue weighted by Gasteiger charge is 2.33. The Morgan fingerprint density at radius 2 is 1.74 bits per heavy atom. The van der Waals surface area contributed by atoms with Gasteiger partial charge in [-0.1, -0.05) is 35.3 Å². The van der Waals surface area contributed by atoms with Crippen LogP contribution in [0.15, 0.2) is 41.3 Å². The van der Waals surface area contributed by atoms with E-state index in [0.717, 1.165) is 29.5 Å². The largest absolute Gasteiger partial charge is 0.443 e. The lowest BCUT2D eigenvalue weighted by atomic mass is 9.77. The first-order valence-electron chi connectivity index (χ1n) is 9.87. The quantitative estimate of drug-likeness (QED) is 0.622. The predicted molar refractivity (Wildman–Crippen MR) is 122 cm³/mol. The van der Waals surface area contributed by atoms with Crippen molar-refractivity contribution >= 4 is 39.3 Å². The van der Waals surface area contributed by atoms with Crippen LogP contribution >= 0.6 is 23.2 Å². The molecular formula is C22H26Cl2N2O4S. The number of amides is 1. The molecule has 0 fully saturated rings. The SMILES string of the molecule is CN(C(=O)OC(C)(C)C)S(=O)(=O)c1ccc2c(c1)[C@H](c1ccc(Cl)c(Cl)c1)CCC2N. The van der Waals surface area contributed by atoms with Crippen molar-refractivity contribution < 1.29 is 17.9 Å². The first kappa shape index (κ1) is 23.9. The van der Waals surface area contributed by atoms with E-state index in [9.17, 15) is 13.2 Å². The molecule has 1 aliphatic carbocycles. The van der Waals surface area contributed by atoms with Gasteiger partial charge in [0.25, 0.3) is 10.0 Å². The van der Waals surface area contributed by atoms with E-state index in [2.05, 4.69) is 0 Å². The Morgan fingerprint density at radius 3 is 2.35 bits per heavy atom. The number of ether oxygens (including phenoxy) is 1. The Hall–Kier alpha value is -1.80. The maximum Gasteiger partial charge on any atom is 0.424 e. The summed E-state index contributed by atoms with van der Waals surface area (Å²) in [7, 11) is -2.93. The second-order valence-corrected chi connectivity index (χ2v) is 11.4. The molecule has 0 aliphatic heterocycles. The van der Waals surface area contributed by atoms with Crippen LogP contribution in [0.5, 0.6) is 0 Å². The van der Waals surface area contributed by atoms with Gasteiger partial charge in [-0.25, -0.2) is 17.5 Å². The molecule has 1 amide bonds. The van der Waals surface area contributed by atoms with E-state index < -0.39 is 21.7 Å². The molecule has 168 valence electrons. The van der Waals surface area contributed by atoms with E-state index in [1.165, 1.54) is 13.1 Å². The monoisotopic (exact) mass is 484 g/mol. The third kappa shape index (κ3) is 5.00. The van der Waals surface area contributed by atoms with Crippen molar-refractivity contribution in [3.63, 3.8) is 0 Å². The molecule has 2 aromatic carbocycles.